The Bertz CT molecular complexity index is 540. The van der Waals surface area contributed by atoms with Crippen LogP contribution in [0.15, 0.2) is 24.4 Å². The van der Waals surface area contributed by atoms with E-state index in [0.717, 1.165) is 16.6 Å². The standard InChI is InChI=1S/C13H17N3O2/c1-13(2)17-7-9(8-18-13)15-11-4-3-5-12-10(11)6-14-16-12/h3-6,9,15H,7-8H2,1-2H3,(H,14,16). The van der Waals surface area contributed by atoms with Gasteiger partial charge in [0, 0.05) is 11.1 Å². The number of nitrogens with zero attached hydrogens (tertiary/aromatic N) is 1. The minimum atomic E-state index is -0.472. The van der Waals surface area contributed by atoms with Crippen LogP contribution in [0, 0.1) is 0 Å². The number of ether oxygens (including phenoxy) is 2. The molecule has 1 aliphatic heterocycles. The predicted molar refractivity (Wildman–Crippen MR) is 69.5 cm³/mol. The lowest BCUT2D eigenvalue weighted by molar-refractivity contribution is -0.247. The zero-order valence-corrected chi connectivity index (χ0v) is 10.6. The van der Waals surface area contributed by atoms with Crippen LogP contribution in [-0.2, 0) is 9.47 Å². The number of hydrogen-bond donors (Lipinski definition) is 2. The maximum atomic E-state index is 5.64. The first kappa shape index (κ1) is 11.5. The number of anilines is 1. The van der Waals surface area contributed by atoms with Gasteiger partial charge in [0.05, 0.1) is 31.0 Å². The summed E-state index contributed by atoms with van der Waals surface area (Å²) in [5, 5.41) is 11.5. The van der Waals surface area contributed by atoms with Crippen molar-refractivity contribution < 1.29 is 9.47 Å². The van der Waals surface area contributed by atoms with Crippen molar-refractivity contribution in [2.75, 3.05) is 18.5 Å². The van der Waals surface area contributed by atoms with Gasteiger partial charge in [-0.3, -0.25) is 5.10 Å². The van der Waals surface area contributed by atoms with Gasteiger partial charge in [-0.05, 0) is 26.0 Å². The zero-order chi connectivity index (χ0) is 12.6. The zero-order valence-electron chi connectivity index (χ0n) is 10.6. The number of H-pyrrole nitrogens is 1. The third kappa shape index (κ3) is 2.19. The van der Waals surface area contributed by atoms with Crippen molar-refractivity contribution in [2.24, 2.45) is 0 Å². The summed E-state index contributed by atoms with van der Waals surface area (Å²) in [4.78, 5) is 0. The van der Waals surface area contributed by atoms with Crippen LogP contribution in [0.5, 0.6) is 0 Å². The van der Waals surface area contributed by atoms with Gasteiger partial charge in [-0.1, -0.05) is 6.07 Å². The minimum absolute atomic E-state index is 0.165. The summed E-state index contributed by atoms with van der Waals surface area (Å²) < 4.78 is 11.3. The van der Waals surface area contributed by atoms with Gasteiger partial charge in [-0.15, -0.1) is 0 Å². The smallest absolute Gasteiger partial charge is 0.162 e. The predicted octanol–water partition coefficient (Wildman–Crippen LogP) is 2.13. The molecule has 1 fully saturated rings. The number of aromatic amines is 1. The molecule has 1 aromatic heterocycles. The number of rotatable bonds is 2. The topological polar surface area (TPSA) is 59.2 Å². The van der Waals surface area contributed by atoms with Crippen LogP contribution >= 0.6 is 0 Å². The molecule has 0 amide bonds. The Kier molecular flexibility index (Phi) is 2.72. The molecule has 2 heterocycles. The summed E-state index contributed by atoms with van der Waals surface area (Å²) >= 11 is 0. The highest BCUT2D eigenvalue weighted by Crippen LogP contribution is 2.24. The van der Waals surface area contributed by atoms with Crippen LogP contribution in [0.4, 0.5) is 5.69 Å². The lowest BCUT2D eigenvalue weighted by Gasteiger charge is -2.35. The van der Waals surface area contributed by atoms with Gasteiger partial charge in [0.2, 0.25) is 0 Å². The van der Waals surface area contributed by atoms with Gasteiger partial charge in [0.15, 0.2) is 5.79 Å². The Hall–Kier alpha value is -1.59. The van der Waals surface area contributed by atoms with Crippen molar-refractivity contribution in [3.05, 3.63) is 24.4 Å². The molecule has 2 aromatic rings. The number of fused-ring (bicyclic) bond motifs is 1. The molecule has 0 radical (unpaired) electrons. The fourth-order valence-corrected chi connectivity index (χ4v) is 2.09. The third-order valence-corrected chi connectivity index (χ3v) is 3.11. The molecule has 1 saturated heterocycles. The van der Waals surface area contributed by atoms with E-state index in [9.17, 15) is 0 Å². The third-order valence-electron chi connectivity index (χ3n) is 3.11. The Balaban J connectivity index is 1.75. The molecular formula is C13H17N3O2. The molecule has 5 heteroatoms. The van der Waals surface area contributed by atoms with Gasteiger partial charge in [0.25, 0.3) is 0 Å². The lowest BCUT2D eigenvalue weighted by Crippen LogP contribution is -2.45. The molecule has 0 unspecified atom stereocenters. The van der Waals surface area contributed by atoms with Crippen LogP contribution in [0.2, 0.25) is 0 Å². The van der Waals surface area contributed by atoms with E-state index in [2.05, 4.69) is 15.5 Å². The Morgan fingerprint density at radius 3 is 2.89 bits per heavy atom. The first-order valence-corrected chi connectivity index (χ1v) is 6.11. The second kappa shape index (κ2) is 4.26. The summed E-state index contributed by atoms with van der Waals surface area (Å²) in [6.07, 6.45) is 1.83. The van der Waals surface area contributed by atoms with Gasteiger partial charge >= 0.3 is 0 Å². The van der Waals surface area contributed by atoms with E-state index < -0.39 is 5.79 Å². The van der Waals surface area contributed by atoms with Gasteiger partial charge in [-0.25, -0.2) is 0 Å². The molecule has 1 aromatic carbocycles. The summed E-state index contributed by atoms with van der Waals surface area (Å²) in [6, 6.07) is 6.21. The molecule has 96 valence electrons. The first-order valence-electron chi connectivity index (χ1n) is 6.11. The van der Waals surface area contributed by atoms with E-state index in [1.807, 2.05) is 38.2 Å². The van der Waals surface area contributed by atoms with Crippen molar-refractivity contribution in [3.8, 4) is 0 Å². The Morgan fingerprint density at radius 2 is 2.11 bits per heavy atom. The van der Waals surface area contributed by atoms with Crippen LogP contribution in [0.1, 0.15) is 13.8 Å². The number of hydrogen-bond acceptors (Lipinski definition) is 4. The van der Waals surface area contributed by atoms with E-state index in [1.54, 1.807) is 0 Å². The fraction of sp³-hybridized carbons (Fsp3) is 0.462. The highest BCUT2D eigenvalue weighted by molar-refractivity contribution is 5.90. The van der Waals surface area contributed by atoms with Crippen molar-refractivity contribution in [3.63, 3.8) is 0 Å². The molecule has 3 rings (SSSR count). The highest BCUT2D eigenvalue weighted by Gasteiger charge is 2.28. The SMILES string of the molecule is CC1(C)OCC(Nc2cccc3[nH]ncc23)CO1. The molecular weight excluding hydrogens is 230 g/mol. The molecule has 0 aliphatic carbocycles. The average Bonchev–Trinajstić information content (AvgIpc) is 2.81. The summed E-state index contributed by atoms with van der Waals surface area (Å²) in [5.74, 6) is -0.472. The Morgan fingerprint density at radius 1 is 1.33 bits per heavy atom. The minimum Gasteiger partial charge on any atom is -0.377 e. The fourth-order valence-electron chi connectivity index (χ4n) is 2.09. The summed E-state index contributed by atoms with van der Waals surface area (Å²) in [5.41, 5.74) is 2.08. The molecule has 0 bridgehead atoms. The van der Waals surface area contributed by atoms with E-state index >= 15 is 0 Å². The molecule has 0 atom stereocenters. The molecule has 5 nitrogen and oxygen atoms in total. The van der Waals surface area contributed by atoms with Crippen LogP contribution < -0.4 is 5.32 Å². The number of nitrogens with one attached hydrogen (secondary N) is 2. The average molecular weight is 247 g/mol. The van der Waals surface area contributed by atoms with E-state index in [0.29, 0.717) is 13.2 Å². The normalized spacial score (nSPS) is 20.1. The summed E-state index contributed by atoms with van der Waals surface area (Å²) in [7, 11) is 0. The van der Waals surface area contributed by atoms with Crippen molar-refractivity contribution >= 4 is 16.6 Å². The second-order valence-electron chi connectivity index (χ2n) is 5.00. The van der Waals surface area contributed by atoms with Crippen molar-refractivity contribution in [2.45, 2.75) is 25.7 Å². The second-order valence-corrected chi connectivity index (χ2v) is 5.00. The van der Waals surface area contributed by atoms with Gasteiger partial charge < -0.3 is 14.8 Å². The van der Waals surface area contributed by atoms with E-state index in [-0.39, 0.29) is 6.04 Å². The first-order chi connectivity index (χ1) is 8.64. The largest absolute Gasteiger partial charge is 0.377 e. The Labute approximate surface area is 105 Å². The van der Waals surface area contributed by atoms with Gasteiger partial charge in [-0.2, -0.15) is 5.10 Å². The molecule has 1 aliphatic rings. The molecule has 18 heavy (non-hydrogen) atoms. The quantitative estimate of drug-likeness (QED) is 0.853. The van der Waals surface area contributed by atoms with Gasteiger partial charge in [0.1, 0.15) is 0 Å². The molecule has 2 N–H and O–H groups in total. The van der Waals surface area contributed by atoms with Crippen LogP contribution in [0.3, 0.4) is 0 Å². The van der Waals surface area contributed by atoms with E-state index in [4.69, 9.17) is 9.47 Å². The number of benzene rings is 1. The van der Waals surface area contributed by atoms with Crippen LogP contribution in [-0.4, -0.2) is 35.2 Å². The monoisotopic (exact) mass is 247 g/mol. The van der Waals surface area contributed by atoms with Crippen molar-refractivity contribution in [1.29, 1.82) is 0 Å². The van der Waals surface area contributed by atoms with Crippen LogP contribution in [0.25, 0.3) is 10.9 Å². The molecule has 0 spiro atoms. The number of aromatic nitrogens is 2. The van der Waals surface area contributed by atoms with Crippen molar-refractivity contribution in [1.82, 2.24) is 10.2 Å². The lowest BCUT2D eigenvalue weighted by atomic mass is 10.2. The maximum absolute atomic E-state index is 5.64. The summed E-state index contributed by atoms with van der Waals surface area (Å²) in [6.45, 7) is 5.14. The van der Waals surface area contributed by atoms with E-state index in [1.165, 1.54) is 0 Å². The maximum Gasteiger partial charge on any atom is 0.162 e. The highest BCUT2D eigenvalue weighted by atomic mass is 16.7. The molecule has 0 saturated carbocycles.